The van der Waals surface area contributed by atoms with E-state index in [1.807, 2.05) is 23.8 Å². The van der Waals surface area contributed by atoms with Crippen LogP contribution in [0.15, 0.2) is 36.9 Å². The van der Waals surface area contributed by atoms with Crippen molar-refractivity contribution in [2.45, 2.75) is 13.5 Å². The van der Waals surface area contributed by atoms with Gasteiger partial charge < -0.3 is 15.0 Å². The zero-order valence-corrected chi connectivity index (χ0v) is 10.1. The molecule has 2 N–H and O–H groups in total. The number of aryl methyl sites for hydroxylation is 1. The molecule has 0 aliphatic heterocycles. The summed E-state index contributed by atoms with van der Waals surface area (Å²) in [5, 5.41) is 12.2. The largest absolute Gasteiger partial charge is 0.478 e. The third-order valence-electron chi connectivity index (χ3n) is 2.65. The van der Waals surface area contributed by atoms with E-state index in [2.05, 4.69) is 10.3 Å². The van der Waals surface area contributed by atoms with Crippen LogP contribution in [0.5, 0.6) is 0 Å². The van der Waals surface area contributed by atoms with Crippen LogP contribution in [-0.4, -0.2) is 27.2 Å². The van der Waals surface area contributed by atoms with Gasteiger partial charge in [-0.05, 0) is 19.1 Å². The van der Waals surface area contributed by atoms with Crippen LogP contribution in [0.3, 0.4) is 0 Å². The Morgan fingerprint density at radius 3 is 3.00 bits per heavy atom. The van der Waals surface area contributed by atoms with Crippen molar-refractivity contribution >= 4 is 11.7 Å². The summed E-state index contributed by atoms with van der Waals surface area (Å²) in [6, 6.07) is 5.36. The number of nitrogens with zero attached hydrogens (tertiary/aromatic N) is 2. The number of hydrogen-bond acceptors (Lipinski definition) is 3. The Kier molecular flexibility index (Phi) is 3.62. The van der Waals surface area contributed by atoms with Crippen molar-refractivity contribution in [3.63, 3.8) is 0 Å². The molecule has 0 radical (unpaired) electrons. The summed E-state index contributed by atoms with van der Waals surface area (Å²) in [4.78, 5) is 15.1. The standard InChI is InChI=1S/C13H15N3O2/c1-10-2-3-12(11(8-10)13(17)18)15-5-7-16-6-4-14-9-16/h2-4,6,8-9,15H,5,7H2,1H3,(H,17,18). The molecule has 0 bridgehead atoms. The maximum Gasteiger partial charge on any atom is 0.337 e. The molecule has 1 aromatic carbocycles. The van der Waals surface area contributed by atoms with Gasteiger partial charge in [-0.15, -0.1) is 0 Å². The summed E-state index contributed by atoms with van der Waals surface area (Å²) in [5.41, 5.74) is 1.89. The molecule has 5 heteroatoms. The summed E-state index contributed by atoms with van der Waals surface area (Å²) in [6.07, 6.45) is 5.32. The van der Waals surface area contributed by atoms with Gasteiger partial charge in [-0.1, -0.05) is 11.6 Å². The number of carbonyl (C=O) groups is 1. The Hall–Kier alpha value is -2.30. The zero-order chi connectivity index (χ0) is 13.0. The van der Waals surface area contributed by atoms with Crippen LogP contribution in [-0.2, 0) is 6.54 Å². The summed E-state index contributed by atoms with van der Waals surface area (Å²) in [6.45, 7) is 3.27. The van der Waals surface area contributed by atoms with Gasteiger partial charge in [0.1, 0.15) is 0 Å². The third kappa shape index (κ3) is 2.88. The van der Waals surface area contributed by atoms with Crippen LogP contribution in [0.25, 0.3) is 0 Å². The smallest absolute Gasteiger partial charge is 0.337 e. The number of hydrogen-bond donors (Lipinski definition) is 2. The lowest BCUT2D eigenvalue weighted by Crippen LogP contribution is -2.12. The number of carboxylic acid groups (broad SMARTS) is 1. The average molecular weight is 245 g/mol. The first kappa shape index (κ1) is 12.2. The Bertz CT molecular complexity index is 535. The fourth-order valence-corrected chi connectivity index (χ4v) is 1.73. The Labute approximate surface area is 105 Å². The molecule has 0 spiro atoms. The second-order valence-corrected chi connectivity index (χ2v) is 4.08. The monoisotopic (exact) mass is 245 g/mol. The predicted molar refractivity (Wildman–Crippen MR) is 68.9 cm³/mol. The first-order chi connectivity index (χ1) is 8.66. The maximum atomic E-state index is 11.1. The number of imidazole rings is 1. The van der Waals surface area contributed by atoms with Crippen molar-refractivity contribution < 1.29 is 9.90 Å². The molecule has 0 amide bonds. The first-order valence-corrected chi connectivity index (χ1v) is 5.70. The van der Waals surface area contributed by atoms with Crippen molar-refractivity contribution in [3.05, 3.63) is 48.0 Å². The van der Waals surface area contributed by atoms with E-state index < -0.39 is 5.97 Å². The lowest BCUT2D eigenvalue weighted by atomic mass is 10.1. The molecule has 0 atom stereocenters. The minimum Gasteiger partial charge on any atom is -0.478 e. The van der Waals surface area contributed by atoms with Crippen molar-refractivity contribution in [1.29, 1.82) is 0 Å². The lowest BCUT2D eigenvalue weighted by molar-refractivity contribution is 0.0698. The normalized spacial score (nSPS) is 10.3. The van der Waals surface area contributed by atoms with E-state index in [1.54, 1.807) is 24.7 Å². The Morgan fingerprint density at radius 2 is 2.33 bits per heavy atom. The summed E-state index contributed by atoms with van der Waals surface area (Å²) >= 11 is 0. The Balaban J connectivity index is 2.02. The fraction of sp³-hybridized carbons (Fsp3) is 0.231. The minimum absolute atomic E-state index is 0.306. The van der Waals surface area contributed by atoms with Gasteiger partial charge in [0.25, 0.3) is 0 Å². The molecule has 0 unspecified atom stereocenters. The second kappa shape index (κ2) is 5.35. The highest BCUT2D eigenvalue weighted by molar-refractivity contribution is 5.94. The second-order valence-electron chi connectivity index (χ2n) is 4.08. The molecule has 0 fully saturated rings. The molecule has 94 valence electrons. The van der Waals surface area contributed by atoms with E-state index in [0.29, 0.717) is 17.8 Å². The molecule has 1 aromatic heterocycles. The Morgan fingerprint density at radius 1 is 1.50 bits per heavy atom. The minimum atomic E-state index is -0.913. The van der Waals surface area contributed by atoms with Gasteiger partial charge in [0.2, 0.25) is 0 Å². The van der Waals surface area contributed by atoms with Gasteiger partial charge in [0.15, 0.2) is 0 Å². The topological polar surface area (TPSA) is 67.2 Å². The molecule has 0 saturated carbocycles. The molecule has 0 aliphatic carbocycles. The SMILES string of the molecule is Cc1ccc(NCCn2ccnc2)c(C(=O)O)c1. The number of nitrogens with one attached hydrogen (secondary N) is 1. The summed E-state index contributed by atoms with van der Waals surface area (Å²) in [5.74, 6) is -0.913. The van der Waals surface area contributed by atoms with E-state index in [4.69, 9.17) is 5.11 Å². The van der Waals surface area contributed by atoms with Gasteiger partial charge in [-0.25, -0.2) is 9.78 Å². The van der Waals surface area contributed by atoms with E-state index in [0.717, 1.165) is 12.1 Å². The molecule has 0 saturated heterocycles. The highest BCUT2D eigenvalue weighted by atomic mass is 16.4. The van der Waals surface area contributed by atoms with Gasteiger partial charge >= 0.3 is 5.97 Å². The number of anilines is 1. The highest BCUT2D eigenvalue weighted by Crippen LogP contribution is 2.17. The van der Waals surface area contributed by atoms with Crippen LogP contribution in [0, 0.1) is 6.92 Å². The number of aromatic carboxylic acids is 1. The lowest BCUT2D eigenvalue weighted by Gasteiger charge is -2.10. The van der Waals surface area contributed by atoms with Crippen molar-refractivity contribution in [3.8, 4) is 0 Å². The molecule has 2 rings (SSSR count). The van der Waals surface area contributed by atoms with Gasteiger partial charge in [0.05, 0.1) is 11.9 Å². The number of carboxylic acids is 1. The maximum absolute atomic E-state index is 11.1. The number of rotatable bonds is 5. The van der Waals surface area contributed by atoms with Crippen LogP contribution >= 0.6 is 0 Å². The highest BCUT2D eigenvalue weighted by Gasteiger charge is 2.09. The van der Waals surface area contributed by atoms with Gasteiger partial charge in [0, 0.05) is 31.2 Å². The van der Waals surface area contributed by atoms with Crippen LogP contribution in [0.4, 0.5) is 5.69 Å². The summed E-state index contributed by atoms with van der Waals surface area (Å²) < 4.78 is 1.93. The molecule has 5 nitrogen and oxygen atoms in total. The van der Waals surface area contributed by atoms with Crippen LogP contribution in [0.2, 0.25) is 0 Å². The van der Waals surface area contributed by atoms with Gasteiger partial charge in [-0.2, -0.15) is 0 Å². The molecule has 18 heavy (non-hydrogen) atoms. The number of benzene rings is 1. The van der Waals surface area contributed by atoms with E-state index in [-0.39, 0.29) is 0 Å². The molecule has 1 heterocycles. The van der Waals surface area contributed by atoms with Crippen molar-refractivity contribution in [1.82, 2.24) is 9.55 Å². The zero-order valence-electron chi connectivity index (χ0n) is 10.1. The quantitative estimate of drug-likeness (QED) is 0.845. The summed E-state index contributed by atoms with van der Waals surface area (Å²) in [7, 11) is 0. The molecular formula is C13H15N3O2. The predicted octanol–water partition coefficient (Wildman–Crippen LogP) is 2.00. The van der Waals surface area contributed by atoms with Crippen molar-refractivity contribution in [2.24, 2.45) is 0 Å². The van der Waals surface area contributed by atoms with E-state index in [9.17, 15) is 4.79 Å². The average Bonchev–Trinajstić information content (AvgIpc) is 2.84. The number of aromatic nitrogens is 2. The van der Waals surface area contributed by atoms with Gasteiger partial charge in [-0.3, -0.25) is 0 Å². The van der Waals surface area contributed by atoms with Crippen molar-refractivity contribution in [2.75, 3.05) is 11.9 Å². The molecule has 0 aliphatic rings. The van der Waals surface area contributed by atoms with E-state index >= 15 is 0 Å². The third-order valence-corrected chi connectivity index (χ3v) is 2.65. The van der Waals surface area contributed by atoms with Crippen LogP contribution in [0.1, 0.15) is 15.9 Å². The van der Waals surface area contributed by atoms with Crippen LogP contribution < -0.4 is 5.32 Å². The first-order valence-electron chi connectivity index (χ1n) is 5.70. The fourth-order valence-electron chi connectivity index (χ4n) is 1.73. The molecular weight excluding hydrogens is 230 g/mol. The molecule has 2 aromatic rings. The van der Waals surface area contributed by atoms with E-state index in [1.165, 1.54) is 0 Å².